The zero-order valence-corrected chi connectivity index (χ0v) is 11.7. The monoisotopic (exact) mass is 284 g/mol. The van der Waals surface area contributed by atoms with E-state index in [-0.39, 0.29) is 11.4 Å². The van der Waals surface area contributed by atoms with Crippen LogP contribution in [-0.2, 0) is 6.42 Å². The van der Waals surface area contributed by atoms with Crippen LogP contribution in [0.25, 0.3) is 0 Å². The maximum atomic E-state index is 10.9. The first kappa shape index (κ1) is 13.4. The van der Waals surface area contributed by atoms with Crippen LogP contribution in [0.3, 0.4) is 0 Å². The van der Waals surface area contributed by atoms with Crippen molar-refractivity contribution in [2.45, 2.75) is 12.3 Å². The van der Waals surface area contributed by atoms with Gasteiger partial charge in [-0.2, -0.15) is 0 Å². The number of ether oxygens (including phenoxy) is 1. The van der Waals surface area contributed by atoms with Gasteiger partial charge >= 0.3 is 5.69 Å². The molecule has 3 rings (SSSR count). The number of nitro groups is 1. The molecule has 0 radical (unpaired) electrons. The number of anilines is 1. The van der Waals surface area contributed by atoms with Crippen molar-refractivity contribution in [3.05, 3.63) is 63.7 Å². The van der Waals surface area contributed by atoms with Crippen molar-refractivity contribution >= 4 is 11.4 Å². The van der Waals surface area contributed by atoms with Crippen LogP contribution < -0.4 is 10.1 Å². The minimum atomic E-state index is -0.440. The molecule has 0 aromatic heterocycles. The van der Waals surface area contributed by atoms with Crippen LogP contribution in [0.4, 0.5) is 11.4 Å². The fourth-order valence-electron chi connectivity index (χ4n) is 2.72. The van der Waals surface area contributed by atoms with E-state index in [1.165, 1.54) is 24.3 Å². The van der Waals surface area contributed by atoms with Crippen molar-refractivity contribution in [1.82, 2.24) is 0 Å². The Hall–Kier alpha value is -2.56. The zero-order chi connectivity index (χ0) is 14.8. The van der Waals surface area contributed by atoms with Gasteiger partial charge in [0.2, 0.25) is 0 Å². The van der Waals surface area contributed by atoms with Gasteiger partial charge in [0.25, 0.3) is 0 Å². The molecule has 0 heterocycles. The molecular formula is C16H16N2O3. The van der Waals surface area contributed by atoms with Gasteiger partial charge in [-0.3, -0.25) is 10.1 Å². The highest BCUT2D eigenvalue weighted by Crippen LogP contribution is 2.35. The molecule has 2 aromatic carbocycles. The second-order valence-electron chi connectivity index (χ2n) is 5.12. The fourth-order valence-corrected chi connectivity index (χ4v) is 2.72. The van der Waals surface area contributed by atoms with Gasteiger partial charge in [0.1, 0.15) is 0 Å². The lowest BCUT2D eigenvalue weighted by molar-refractivity contribution is -0.385. The molecule has 0 bridgehead atoms. The number of fused-ring (bicyclic) bond motifs is 1. The van der Waals surface area contributed by atoms with Crippen LogP contribution in [-0.4, -0.2) is 18.6 Å². The summed E-state index contributed by atoms with van der Waals surface area (Å²) in [5.41, 5.74) is 3.61. The molecule has 0 saturated heterocycles. The van der Waals surface area contributed by atoms with Gasteiger partial charge in [-0.25, -0.2) is 0 Å². The van der Waals surface area contributed by atoms with Gasteiger partial charge in [-0.15, -0.1) is 0 Å². The maximum absolute atomic E-state index is 10.9. The van der Waals surface area contributed by atoms with Crippen LogP contribution in [0.15, 0.2) is 42.5 Å². The first-order chi connectivity index (χ1) is 10.2. The Kier molecular flexibility index (Phi) is 3.48. The number of rotatable bonds is 5. The smallest absolute Gasteiger partial charge is 0.311 e. The van der Waals surface area contributed by atoms with E-state index in [1.54, 1.807) is 12.1 Å². The SMILES string of the molecule is COc1cc(NCC2Cc3ccccc32)ccc1[N+](=O)[O-]. The third kappa shape index (κ3) is 2.54. The third-order valence-electron chi connectivity index (χ3n) is 3.89. The summed E-state index contributed by atoms with van der Waals surface area (Å²) in [6.45, 7) is 0.817. The minimum absolute atomic E-state index is 0.0166. The Balaban J connectivity index is 1.68. The van der Waals surface area contributed by atoms with E-state index in [9.17, 15) is 10.1 Å². The van der Waals surface area contributed by atoms with Crippen molar-refractivity contribution in [3.63, 3.8) is 0 Å². The van der Waals surface area contributed by atoms with Gasteiger partial charge in [-0.05, 0) is 23.6 Å². The molecular weight excluding hydrogens is 268 g/mol. The van der Waals surface area contributed by atoms with Gasteiger partial charge in [-0.1, -0.05) is 24.3 Å². The summed E-state index contributed by atoms with van der Waals surface area (Å²) < 4.78 is 5.07. The van der Waals surface area contributed by atoms with Gasteiger partial charge in [0.15, 0.2) is 5.75 Å². The Morgan fingerprint density at radius 1 is 1.33 bits per heavy atom. The number of benzene rings is 2. The quantitative estimate of drug-likeness (QED) is 0.675. The molecule has 1 aliphatic carbocycles. The fraction of sp³-hybridized carbons (Fsp3) is 0.250. The topological polar surface area (TPSA) is 64.4 Å². The molecule has 0 saturated carbocycles. The third-order valence-corrected chi connectivity index (χ3v) is 3.89. The van der Waals surface area contributed by atoms with Crippen molar-refractivity contribution in [2.75, 3.05) is 19.0 Å². The van der Waals surface area contributed by atoms with E-state index in [2.05, 4.69) is 29.6 Å². The highest BCUT2D eigenvalue weighted by atomic mass is 16.6. The summed E-state index contributed by atoms with van der Waals surface area (Å²) in [6, 6.07) is 13.3. The molecule has 1 N–H and O–H groups in total. The first-order valence-corrected chi connectivity index (χ1v) is 6.83. The summed E-state index contributed by atoms with van der Waals surface area (Å²) in [5.74, 6) is 0.779. The average Bonchev–Trinajstić information content (AvgIpc) is 2.47. The molecule has 5 heteroatoms. The summed E-state index contributed by atoms with van der Waals surface area (Å²) in [5, 5.41) is 14.2. The zero-order valence-electron chi connectivity index (χ0n) is 11.7. The summed E-state index contributed by atoms with van der Waals surface area (Å²) in [6.07, 6.45) is 1.08. The molecule has 1 aliphatic rings. The van der Waals surface area contributed by atoms with Gasteiger partial charge in [0.05, 0.1) is 12.0 Å². The second-order valence-corrected chi connectivity index (χ2v) is 5.12. The molecule has 0 fully saturated rings. The largest absolute Gasteiger partial charge is 0.490 e. The van der Waals surface area contributed by atoms with Crippen LogP contribution in [0.1, 0.15) is 17.0 Å². The molecule has 0 spiro atoms. The van der Waals surface area contributed by atoms with Crippen LogP contribution >= 0.6 is 0 Å². The van der Waals surface area contributed by atoms with Crippen molar-refractivity contribution in [2.24, 2.45) is 0 Å². The molecule has 5 nitrogen and oxygen atoms in total. The number of hydrogen-bond donors (Lipinski definition) is 1. The Morgan fingerprint density at radius 2 is 2.14 bits per heavy atom. The first-order valence-electron chi connectivity index (χ1n) is 6.83. The van der Waals surface area contributed by atoms with Crippen LogP contribution in [0.5, 0.6) is 5.75 Å². The van der Waals surface area contributed by atoms with E-state index in [0.29, 0.717) is 5.92 Å². The molecule has 1 atom stereocenters. The molecule has 2 aromatic rings. The maximum Gasteiger partial charge on any atom is 0.311 e. The predicted molar refractivity (Wildman–Crippen MR) is 81.0 cm³/mol. The Labute approximate surface area is 122 Å². The van der Waals surface area contributed by atoms with E-state index in [4.69, 9.17) is 4.74 Å². The highest BCUT2D eigenvalue weighted by Gasteiger charge is 2.25. The molecule has 0 aliphatic heterocycles. The van der Waals surface area contributed by atoms with E-state index >= 15 is 0 Å². The van der Waals surface area contributed by atoms with Crippen molar-refractivity contribution < 1.29 is 9.66 Å². The number of nitro benzene ring substituents is 1. The highest BCUT2D eigenvalue weighted by molar-refractivity contribution is 5.58. The molecule has 1 unspecified atom stereocenters. The number of nitrogens with zero attached hydrogens (tertiary/aromatic N) is 1. The van der Waals surface area contributed by atoms with E-state index < -0.39 is 4.92 Å². The average molecular weight is 284 g/mol. The van der Waals surface area contributed by atoms with Crippen LogP contribution in [0, 0.1) is 10.1 Å². The summed E-state index contributed by atoms with van der Waals surface area (Å²) in [7, 11) is 1.44. The number of hydrogen-bond acceptors (Lipinski definition) is 4. The van der Waals surface area contributed by atoms with Gasteiger partial charge < -0.3 is 10.1 Å². The van der Waals surface area contributed by atoms with Gasteiger partial charge in [0, 0.05) is 30.3 Å². The lowest BCUT2D eigenvalue weighted by Gasteiger charge is -2.30. The predicted octanol–water partition coefficient (Wildman–Crippen LogP) is 3.36. The number of nitrogens with one attached hydrogen (secondary N) is 1. The van der Waals surface area contributed by atoms with E-state index in [0.717, 1.165) is 18.7 Å². The molecule has 108 valence electrons. The number of methoxy groups -OCH3 is 1. The Morgan fingerprint density at radius 3 is 2.86 bits per heavy atom. The van der Waals surface area contributed by atoms with E-state index in [1.807, 2.05) is 0 Å². The van der Waals surface area contributed by atoms with Crippen molar-refractivity contribution in [1.29, 1.82) is 0 Å². The second kappa shape index (κ2) is 5.44. The lowest BCUT2D eigenvalue weighted by atomic mass is 9.77. The summed E-state index contributed by atoms with van der Waals surface area (Å²) >= 11 is 0. The molecule has 21 heavy (non-hydrogen) atoms. The Bertz CT molecular complexity index is 685. The summed E-state index contributed by atoms with van der Waals surface area (Å²) in [4.78, 5) is 10.4. The lowest BCUT2D eigenvalue weighted by Crippen LogP contribution is -2.24. The van der Waals surface area contributed by atoms with Crippen LogP contribution in [0.2, 0.25) is 0 Å². The normalized spacial score (nSPS) is 15.8. The molecule has 0 amide bonds. The van der Waals surface area contributed by atoms with Crippen molar-refractivity contribution in [3.8, 4) is 5.75 Å². The standard InChI is InChI=1S/C16H16N2O3/c1-21-16-9-13(6-7-15(16)18(19)20)17-10-12-8-11-4-2-3-5-14(11)12/h2-7,9,12,17H,8,10H2,1H3. The minimum Gasteiger partial charge on any atom is -0.490 e.